The first-order valence-electron chi connectivity index (χ1n) is 5.71. The van der Waals surface area contributed by atoms with E-state index in [4.69, 9.17) is 0 Å². The molecule has 0 aromatic carbocycles. The van der Waals surface area contributed by atoms with Crippen LogP contribution in [0, 0.1) is 20.8 Å². The van der Waals surface area contributed by atoms with Gasteiger partial charge in [-0.2, -0.15) is 5.10 Å². The number of aryl methyl sites for hydroxylation is 3. The zero-order chi connectivity index (χ0) is 12.4. The lowest BCUT2D eigenvalue weighted by molar-refractivity contribution is 0.655. The zero-order valence-electron chi connectivity index (χ0n) is 10.7. The molecule has 2 aromatic heterocycles. The van der Waals surface area contributed by atoms with Gasteiger partial charge < -0.3 is 5.32 Å². The van der Waals surface area contributed by atoms with Gasteiger partial charge in [-0.1, -0.05) is 0 Å². The average Bonchev–Trinajstić information content (AvgIpc) is 2.73. The third-order valence-electron chi connectivity index (χ3n) is 2.71. The Morgan fingerprint density at radius 1 is 1.35 bits per heavy atom. The molecule has 1 N–H and O–H groups in total. The van der Waals surface area contributed by atoms with Crippen molar-refractivity contribution in [2.45, 2.75) is 33.9 Å². The van der Waals surface area contributed by atoms with Crippen LogP contribution in [-0.2, 0) is 13.1 Å². The van der Waals surface area contributed by atoms with Gasteiger partial charge in [0, 0.05) is 16.3 Å². The molecule has 2 heterocycles. The first-order valence-corrected chi connectivity index (χ1v) is 6.52. The number of rotatable bonds is 4. The summed E-state index contributed by atoms with van der Waals surface area (Å²) in [6.45, 7) is 7.84. The van der Waals surface area contributed by atoms with Crippen molar-refractivity contribution in [1.29, 1.82) is 0 Å². The summed E-state index contributed by atoms with van der Waals surface area (Å²) in [5, 5.41) is 7.58. The second kappa shape index (κ2) is 4.98. The van der Waals surface area contributed by atoms with Crippen molar-refractivity contribution >= 4 is 11.3 Å². The van der Waals surface area contributed by atoms with Crippen LogP contribution in [0.5, 0.6) is 0 Å². The number of hydrogen-bond donors (Lipinski definition) is 1. The van der Waals surface area contributed by atoms with Gasteiger partial charge in [-0.05, 0) is 39.4 Å². The summed E-state index contributed by atoms with van der Waals surface area (Å²) in [4.78, 5) is 7.06. The Hall–Kier alpha value is -1.20. The van der Waals surface area contributed by atoms with Crippen LogP contribution in [0.25, 0.3) is 0 Å². The van der Waals surface area contributed by atoms with E-state index in [9.17, 15) is 0 Å². The molecule has 0 aliphatic rings. The molecule has 0 amide bonds. The molecule has 0 radical (unpaired) electrons. The molecule has 0 atom stereocenters. The largest absolute Gasteiger partial charge is 0.315 e. The Balaban J connectivity index is 2.20. The van der Waals surface area contributed by atoms with E-state index in [1.54, 1.807) is 0 Å². The third-order valence-corrected chi connectivity index (χ3v) is 3.80. The van der Waals surface area contributed by atoms with Gasteiger partial charge in [0.1, 0.15) is 11.6 Å². The standard InChI is InChI=1S/C12H18N4S/c1-8-11(5-12(17-8)6-13-4)7-16-10(3)14-9(2)15-16/h5,13H,6-7H2,1-4H3. The number of nitrogens with zero attached hydrogens (tertiary/aromatic N) is 3. The molecule has 0 spiro atoms. The van der Waals surface area contributed by atoms with Crippen LogP contribution in [0.1, 0.15) is 27.0 Å². The minimum atomic E-state index is 0.818. The lowest BCUT2D eigenvalue weighted by Gasteiger charge is -2.01. The Bertz CT molecular complexity index is 513. The van der Waals surface area contributed by atoms with Crippen molar-refractivity contribution in [1.82, 2.24) is 20.1 Å². The molecule has 2 rings (SSSR count). The maximum atomic E-state index is 4.40. The van der Waals surface area contributed by atoms with Crippen molar-refractivity contribution in [2.24, 2.45) is 0 Å². The fourth-order valence-electron chi connectivity index (χ4n) is 1.88. The van der Waals surface area contributed by atoms with Crippen LogP contribution < -0.4 is 5.32 Å². The molecule has 0 bridgehead atoms. The minimum absolute atomic E-state index is 0.818. The number of hydrogen-bond acceptors (Lipinski definition) is 4. The molecular weight excluding hydrogens is 232 g/mol. The molecule has 5 heteroatoms. The first kappa shape index (κ1) is 12.3. The van der Waals surface area contributed by atoms with Gasteiger partial charge in [0.2, 0.25) is 0 Å². The summed E-state index contributed by atoms with van der Waals surface area (Å²) in [6, 6.07) is 2.26. The molecule has 0 saturated carbocycles. The van der Waals surface area contributed by atoms with Crippen molar-refractivity contribution in [3.8, 4) is 0 Å². The fourth-order valence-corrected chi connectivity index (χ4v) is 2.94. The highest BCUT2D eigenvalue weighted by molar-refractivity contribution is 7.12. The molecule has 17 heavy (non-hydrogen) atoms. The molecule has 4 nitrogen and oxygen atoms in total. The van der Waals surface area contributed by atoms with Gasteiger partial charge in [0.05, 0.1) is 6.54 Å². The van der Waals surface area contributed by atoms with Gasteiger partial charge in [-0.3, -0.25) is 0 Å². The van der Waals surface area contributed by atoms with Crippen LogP contribution >= 0.6 is 11.3 Å². The number of aromatic nitrogens is 3. The van der Waals surface area contributed by atoms with Gasteiger partial charge in [0.25, 0.3) is 0 Å². The third kappa shape index (κ3) is 2.73. The summed E-state index contributed by atoms with van der Waals surface area (Å²) in [6.07, 6.45) is 0. The highest BCUT2D eigenvalue weighted by Gasteiger charge is 2.08. The molecule has 92 valence electrons. The van der Waals surface area contributed by atoms with Crippen molar-refractivity contribution in [2.75, 3.05) is 7.05 Å². The van der Waals surface area contributed by atoms with Gasteiger partial charge in [-0.15, -0.1) is 11.3 Å². The van der Waals surface area contributed by atoms with Crippen LogP contribution in [0.3, 0.4) is 0 Å². The van der Waals surface area contributed by atoms with Gasteiger partial charge in [0.15, 0.2) is 0 Å². The van der Waals surface area contributed by atoms with E-state index >= 15 is 0 Å². The van der Waals surface area contributed by atoms with Crippen LogP contribution in [0.2, 0.25) is 0 Å². The maximum Gasteiger partial charge on any atom is 0.147 e. The van der Waals surface area contributed by atoms with Crippen molar-refractivity contribution < 1.29 is 0 Å². The van der Waals surface area contributed by atoms with E-state index in [0.717, 1.165) is 24.7 Å². The molecule has 0 saturated heterocycles. The number of nitrogens with one attached hydrogen (secondary N) is 1. The highest BCUT2D eigenvalue weighted by atomic mass is 32.1. The predicted molar refractivity (Wildman–Crippen MR) is 70.4 cm³/mol. The van der Waals surface area contributed by atoms with E-state index in [1.807, 2.05) is 36.9 Å². The molecular formula is C12H18N4S. The zero-order valence-corrected chi connectivity index (χ0v) is 11.6. The smallest absolute Gasteiger partial charge is 0.147 e. The Morgan fingerprint density at radius 3 is 2.71 bits per heavy atom. The number of thiophene rings is 1. The van der Waals surface area contributed by atoms with Crippen LogP contribution in [0.15, 0.2) is 6.07 Å². The summed E-state index contributed by atoms with van der Waals surface area (Å²) < 4.78 is 1.97. The Morgan fingerprint density at radius 2 is 2.12 bits per heavy atom. The molecule has 0 unspecified atom stereocenters. The summed E-state index contributed by atoms with van der Waals surface area (Å²) in [7, 11) is 1.97. The quantitative estimate of drug-likeness (QED) is 0.903. The topological polar surface area (TPSA) is 42.7 Å². The van der Waals surface area contributed by atoms with E-state index in [-0.39, 0.29) is 0 Å². The maximum absolute atomic E-state index is 4.40. The van der Waals surface area contributed by atoms with E-state index in [1.165, 1.54) is 15.3 Å². The summed E-state index contributed by atoms with van der Waals surface area (Å²) >= 11 is 1.85. The second-order valence-corrected chi connectivity index (χ2v) is 5.53. The predicted octanol–water partition coefficient (Wildman–Crippen LogP) is 2.03. The second-order valence-electron chi connectivity index (χ2n) is 4.19. The fraction of sp³-hybridized carbons (Fsp3) is 0.500. The summed E-state index contributed by atoms with van der Waals surface area (Å²) in [5.41, 5.74) is 1.34. The van der Waals surface area contributed by atoms with Crippen molar-refractivity contribution in [3.63, 3.8) is 0 Å². The van der Waals surface area contributed by atoms with Gasteiger partial charge >= 0.3 is 0 Å². The van der Waals surface area contributed by atoms with Gasteiger partial charge in [-0.25, -0.2) is 9.67 Å². The van der Waals surface area contributed by atoms with Crippen LogP contribution in [-0.4, -0.2) is 21.8 Å². The van der Waals surface area contributed by atoms with E-state index < -0.39 is 0 Å². The molecule has 2 aromatic rings. The highest BCUT2D eigenvalue weighted by Crippen LogP contribution is 2.22. The van der Waals surface area contributed by atoms with Crippen LogP contribution in [0.4, 0.5) is 0 Å². The SMILES string of the molecule is CNCc1cc(Cn2nc(C)nc2C)c(C)s1. The lowest BCUT2D eigenvalue weighted by Crippen LogP contribution is -2.05. The first-order chi connectivity index (χ1) is 8.10. The Labute approximate surface area is 106 Å². The monoisotopic (exact) mass is 250 g/mol. The minimum Gasteiger partial charge on any atom is -0.315 e. The molecule has 0 fully saturated rings. The molecule has 0 aliphatic heterocycles. The summed E-state index contributed by atoms with van der Waals surface area (Å²) in [5.74, 6) is 1.81. The Kier molecular flexibility index (Phi) is 3.59. The van der Waals surface area contributed by atoms with Crippen molar-refractivity contribution in [3.05, 3.63) is 33.0 Å². The normalized spacial score (nSPS) is 11.1. The molecule has 0 aliphatic carbocycles. The van der Waals surface area contributed by atoms with E-state index in [0.29, 0.717) is 0 Å². The average molecular weight is 250 g/mol. The van der Waals surface area contributed by atoms with E-state index in [2.05, 4.69) is 28.4 Å². The lowest BCUT2D eigenvalue weighted by atomic mass is 10.2.